The summed E-state index contributed by atoms with van der Waals surface area (Å²) in [6, 6.07) is 20.2. The Bertz CT molecular complexity index is 1090. The molecule has 32 heavy (non-hydrogen) atoms. The lowest BCUT2D eigenvalue weighted by molar-refractivity contribution is -0.127. The largest absolute Gasteiger partial charge is 0.497 e. The Morgan fingerprint density at radius 3 is 2.44 bits per heavy atom. The van der Waals surface area contributed by atoms with E-state index in [-0.39, 0.29) is 17.5 Å². The van der Waals surface area contributed by atoms with Crippen molar-refractivity contribution in [3.8, 4) is 5.75 Å². The Morgan fingerprint density at radius 1 is 0.969 bits per heavy atom. The van der Waals surface area contributed by atoms with Crippen molar-refractivity contribution in [3.05, 3.63) is 90.0 Å². The molecule has 1 saturated heterocycles. The normalized spacial score (nSPS) is 14.2. The van der Waals surface area contributed by atoms with Crippen molar-refractivity contribution in [2.24, 2.45) is 0 Å². The van der Waals surface area contributed by atoms with E-state index in [1.54, 1.807) is 54.5 Å². The van der Waals surface area contributed by atoms with Gasteiger partial charge in [-0.05, 0) is 36.4 Å². The number of benzene rings is 2. The number of nitrogens with zero attached hydrogens (tertiary/aromatic N) is 2. The van der Waals surface area contributed by atoms with Crippen molar-refractivity contribution in [2.75, 3.05) is 38.2 Å². The number of piperazine rings is 1. The van der Waals surface area contributed by atoms with Crippen molar-refractivity contribution < 1.29 is 18.7 Å². The van der Waals surface area contributed by atoms with Gasteiger partial charge in [0.1, 0.15) is 17.2 Å². The van der Waals surface area contributed by atoms with Gasteiger partial charge in [0, 0.05) is 49.6 Å². The second-order valence-corrected chi connectivity index (χ2v) is 7.37. The van der Waals surface area contributed by atoms with Gasteiger partial charge in [-0.1, -0.05) is 24.3 Å². The van der Waals surface area contributed by atoms with Crippen LogP contribution in [-0.2, 0) is 4.79 Å². The number of ether oxygens (including phenoxy) is 1. The number of carbonyl (C=O) groups excluding carboxylic acids is 2. The van der Waals surface area contributed by atoms with E-state index in [0.29, 0.717) is 37.5 Å². The molecular formula is C25H25N3O4. The SMILES string of the molecule is COc1cccc(N2CCN(C(=O)/C(=C/c3ccco3)NC(=O)c3ccccc3)CC2)c1. The third-order valence-corrected chi connectivity index (χ3v) is 5.33. The molecule has 1 aliphatic rings. The van der Waals surface area contributed by atoms with Gasteiger partial charge in [-0.15, -0.1) is 0 Å². The van der Waals surface area contributed by atoms with E-state index >= 15 is 0 Å². The van der Waals surface area contributed by atoms with Crippen molar-refractivity contribution in [1.82, 2.24) is 10.2 Å². The fraction of sp³-hybridized carbons (Fsp3) is 0.200. The summed E-state index contributed by atoms with van der Waals surface area (Å²) in [5.74, 6) is 0.716. The molecule has 0 saturated carbocycles. The molecule has 2 heterocycles. The van der Waals surface area contributed by atoms with E-state index in [2.05, 4.69) is 10.2 Å². The number of rotatable bonds is 6. The average molecular weight is 431 g/mol. The summed E-state index contributed by atoms with van der Waals surface area (Å²) in [6.07, 6.45) is 3.09. The van der Waals surface area contributed by atoms with Crippen molar-refractivity contribution in [3.63, 3.8) is 0 Å². The molecule has 0 bridgehead atoms. The summed E-state index contributed by atoms with van der Waals surface area (Å²) in [7, 11) is 1.65. The van der Waals surface area contributed by atoms with E-state index in [4.69, 9.17) is 9.15 Å². The Morgan fingerprint density at radius 2 is 1.75 bits per heavy atom. The molecule has 1 aliphatic heterocycles. The van der Waals surface area contributed by atoms with E-state index in [9.17, 15) is 9.59 Å². The third kappa shape index (κ3) is 5.00. The summed E-state index contributed by atoms with van der Waals surface area (Å²) in [5, 5.41) is 2.77. The van der Waals surface area contributed by atoms with E-state index in [0.717, 1.165) is 11.4 Å². The number of methoxy groups -OCH3 is 1. The van der Waals surface area contributed by atoms with Gasteiger partial charge in [0.15, 0.2) is 0 Å². The van der Waals surface area contributed by atoms with Crippen LogP contribution >= 0.6 is 0 Å². The molecule has 4 rings (SSSR count). The van der Waals surface area contributed by atoms with Gasteiger partial charge in [0.05, 0.1) is 13.4 Å². The topological polar surface area (TPSA) is 75.0 Å². The standard InChI is InChI=1S/C25H25N3O4/c1-31-21-10-5-9-20(17-21)27-12-14-28(15-13-27)25(30)23(18-22-11-6-16-32-22)26-24(29)19-7-3-2-4-8-19/h2-11,16-18H,12-15H2,1H3,(H,26,29)/b23-18-. The van der Waals surface area contributed by atoms with Gasteiger partial charge >= 0.3 is 0 Å². The first-order valence-electron chi connectivity index (χ1n) is 10.4. The fourth-order valence-corrected chi connectivity index (χ4v) is 3.60. The number of amides is 2. The fourth-order valence-electron chi connectivity index (χ4n) is 3.60. The maximum atomic E-state index is 13.3. The summed E-state index contributed by atoms with van der Waals surface area (Å²) in [4.78, 5) is 30.0. The molecule has 1 N–H and O–H groups in total. The van der Waals surface area contributed by atoms with Crippen LogP contribution in [0.1, 0.15) is 16.1 Å². The summed E-state index contributed by atoms with van der Waals surface area (Å²) in [6.45, 7) is 2.43. The molecule has 0 atom stereocenters. The molecular weight excluding hydrogens is 406 g/mol. The third-order valence-electron chi connectivity index (χ3n) is 5.33. The maximum Gasteiger partial charge on any atom is 0.270 e. The van der Waals surface area contributed by atoms with Crippen LogP contribution in [0.4, 0.5) is 5.69 Å². The van der Waals surface area contributed by atoms with Crippen molar-refractivity contribution in [1.29, 1.82) is 0 Å². The van der Waals surface area contributed by atoms with Crippen molar-refractivity contribution in [2.45, 2.75) is 0 Å². The zero-order chi connectivity index (χ0) is 22.3. The van der Waals surface area contributed by atoms with E-state index in [1.165, 1.54) is 6.26 Å². The number of carbonyl (C=O) groups is 2. The molecule has 0 aliphatic carbocycles. The predicted molar refractivity (Wildman–Crippen MR) is 122 cm³/mol. The Hall–Kier alpha value is -4.00. The monoisotopic (exact) mass is 431 g/mol. The lowest BCUT2D eigenvalue weighted by Crippen LogP contribution is -2.50. The predicted octanol–water partition coefficient (Wildman–Crippen LogP) is 3.41. The molecule has 1 aromatic heterocycles. The van der Waals surface area contributed by atoms with Gasteiger partial charge in [-0.3, -0.25) is 9.59 Å². The quantitative estimate of drug-likeness (QED) is 0.606. The minimum atomic E-state index is -0.341. The highest BCUT2D eigenvalue weighted by atomic mass is 16.5. The van der Waals surface area contributed by atoms with Crippen LogP contribution in [0.3, 0.4) is 0 Å². The van der Waals surface area contributed by atoms with Gasteiger partial charge in [0.25, 0.3) is 11.8 Å². The average Bonchev–Trinajstić information content (AvgIpc) is 3.37. The number of hydrogen-bond donors (Lipinski definition) is 1. The first-order chi connectivity index (χ1) is 15.6. The number of nitrogens with one attached hydrogen (secondary N) is 1. The van der Waals surface area contributed by atoms with Crippen molar-refractivity contribution >= 4 is 23.6 Å². The summed E-state index contributed by atoms with van der Waals surface area (Å²) in [5.41, 5.74) is 1.72. The lowest BCUT2D eigenvalue weighted by Gasteiger charge is -2.36. The van der Waals surface area contributed by atoms with Crippen LogP contribution in [0, 0.1) is 0 Å². The highest BCUT2D eigenvalue weighted by Crippen LogP contribution is 2.22. The molecule has 0 spiro atoms. The van der Waals surface area contributed by atoms with Crippen LogP contribution in [-0.4, -0.2) is 50.0 Å². The highest BCUT2D eigenvalue weighted by molar-refractivity contribution is 6.05. The molecule has 2 aromatic carbocycles. The molecule has 0 radical (unpaired) electrons. The van der Waals surface area contributed by atoms with Crippen LogP contribution in [0.15, 0.2) is 83.1 Å². The van der Waals surface area contributed by atoms with Crippen LogP contribution in [0.25, 0.3) is 6.08 Å². The van der Waals surface area contributed by atoms with Gasteiger partial charge < -0.3 is 24.3 Å². The Kier molecular flexibility index (Phi) is 6.55. The smallest absolute Gasteiger partial charge is 0.270 e. The van der Waals surface area contributed by atoms with Crippen LogP contribution < -0.4 is 15.0 Å². The molecule has 7 heteroatoms. The Balaban J connectivity index is 1.47. The number of furan rings is 1. The van der Waals surface area contributed by atoms with Crippen LogP contribution in [0.2, 0.25) is 0 Å². The summed E-state index contributed by atoms with van der Waals surface area (Å²) >= 11 is 0. The van der Waals surface area contributed by atoms with E-state index in [1.807, 2.05) is 30.3 Å². The minimum absolute atomic E-state index is 0.184. The molecule has 7 nitrogen and oxygen atoms in total. The number of hydrogen-bond acceptors (Lipinski definition) is 5. The molecule has 1 fully saturated rings. The summed E-state index contributed by atoms with van der Waals surface area (Å²) < 4.78 is 10.7. The van der Waals surface area contributed by atoms with Crippen LogP contribution in [0.5, 0.6) is 5.75 Å². The minimum Gasteiger partial charge on any atom is -0.497 e. The zero-order valence-electron chi connectivity index (χ0n) is 17.9. The van der Waals surface area contributed by atoms with Gasteiger partial charge in [-0.2, -0.15) is 0 Å². The lowest BCUT2D eigenvalue weighted by atomic mass is 10.2. The number of anilines is 1. The zero-order valence-corrected chi connectivity index (χ0v) is 17.9. The van der Waals surface area contributed by atoms with E-state index < -0.39 is 0 Å². The Labute approximate surface area is 186 Å². The molecule has 2 amide bonds. The second kappa shape index (κ2) is 9.87. The van der Waals surface area contributed by atoms with Gasteiger partial charge in [0.2, 0.25) is 0 Å². The molecule has 3 aromatic rings. The molecule has 164 valence electrons. The van der Waals surface area contributed by atoms with Gasteiger partial charge in [-0.25, -0.2) is 0 Å². The first kappa shape index (κ1) is 21.2. The molecule has 0 unspecified atom stereocenters. The maximum absolute atomic E-state index is 13.3. The highest BCUT2D eigenvalue weighted by Gasteiger charge is 2.25. The first-order valence-corrected chi connectivity index (χ1v) is 10.4. The second-order valence-electron chi connectivity index (χ2n) is 7.37.